The largest absolute Gasteiger partial charge is 0.494 e. The summed E-state index contributed by atoms with van der Waals surface area (Å²) in [5, 5.41) is 5.69. The number of hydrogen-bond acceptors (Lipinski definition) is 5. The number of aryl methyl sites for hydroxylation is 1. The van der Waals surface area contributed by atoms with Crippen molar-refractivity contribution in [2.45, 2.75) is 13.8 Å². The Bertz CT molecular complexity index is 945. The summed E-state index contributed by atoms with van der Waals surface area (Å²) in [6.45, 7) is 4.24. The highest BCUT2D eigenvalue weighted by atomic mass is 19.1. The highest BCUT2D eigenvalue weighted by Crippen LogP contribution is 2.18. The predicted octanol–water partition coefficient (Wildman–Crippen LogP) is 4.32. The first-order valence-electron chi connectivity index (χ1n) is 8.46. The Labute approximate surface area is 156 Å². The number of aromatic nitrogens is 2. The van der Waals surface area contributed by atoms with Gasteiger partial charge < -0.3 is 15.4 Å². The topological polar surface area (TPSA) is 76.1 Å². The van der Waals surface area contributed by atoms with Gasteiger partial charge in [-0.3, -0.25) is 4.79 Å². The van der Waals surface area contributed by atoms with E-state index in [4.69, 9.17) is 4.74 Å². The number of ether oxygens (including phenoxy) is 1. The molecule has 0 saturated carbocycles. The fourth-order valence-corrected chi connectivity index (χ4v) is 2.43. The van der Waals surface area contributed by atoms with E-state index in [0.29, 0.717) is 23.7 Å². The lowest BCUT2D eigenvalue weighted by molar-refractivity contribution is 0.102. The summed E-state index contributed by atoms with van der Waals surface area (Å²) in [5.74, 6) is 0.209. The molecule has 7 heteroatoms. The van der Waals surface area contributed by atoms with Gasteiger partial charge in [-0.2, -0.15) is 0 Å². The molecule has 0 saturated heterocycles. The predicted molar refractivity (Wildman–Crippen MR) is 102 cm³/mol. The van der Waals surface area contributed by atoms with Gasteiger partial charge in [0.25, 0.3) is 5.91 Å². The lowest BCUT2D eigenvalue weighted by Gasteiger charge is -2.09. The molecule has 2 N–H and O–H groups in total. The number of nitrogens with one attached hydrogen (secondary N) is 2. The second kappa shape index (κ2) is 8.27. The number of halogens is 1. The molecule has 1 aromatic heterocycles. The number of hydrogen-bond donors (Lipinski definition) is 2. The molecule has 0 atom stereocenters. The van der Waals surface area contributed by atoms with Crippen molar-refractivity contribution >= 4 is 23.2 Å². The minimum Gasteiger partial charge on any atom is -0.494 e. The second-order valence-corrected chi connectivity index (χ2v) is 5.77. The Kier molecular flexibility index (Phi) is 5.61. The normalized spacial score (nSPS) is 10.3. The molecular weight excluding hydrogens is 347 g/mol. The van der Waals surface area contributed by atoms with Gasteiger partial charge in [-0.15, -0.1) is 0 Å². The van der Waals surface area contributed by atoms with Gasteiger partial charge in [0.05, 0.1) is 6.61 Å². The van der Waals surface area contributed by atoms with Crippen LogP contribution < -0.4 is 15.4 Å². The molecule has 27 heavy (non-hydrogen) atoms. The molecular formula is C20H19FN4O2. The number of nitrogens with zero attached hydrogens (tertiary/aromatic N) is 2. The van der Waals surface area contributed by atoms with Crippen molar-refractivity contribution in [1.29, 1.82) is 0 Å². The molecule has 0 radical (unpaired) electrons. The van der Waals surface area contributed by atoms with Crippen LogP contribution in [0.5, 0.6) is 5.75 Å². The Morgan fingerprint density at radius 1 is 1.07 bits per heavy atom. The Balaban J connectivity index is 1.75. The average Bonchev–Trinajstić information content (AvgIpc) is 2.63. The van der Waals surface area contributed by atoms with Crippen molar-refractivity contribution in [1.82, 2.24) is 9.97 Å². The van der Waals surface area contributed by atoms with Crippen LogP contribution in [0.1, 0.15) is 23.1 Å². The van der Waals surface area contributed by atoms with Crippen LogP contribution in [0.3, 0.4) is 0 Å². The molecule has 1 amide bonds. The Morgan fingerprint density at radius 3 is 2.56 bits per heavy atom. The summed E-state index contributed by atoms with van der Waals surface area (Å²) < 4.78 is 18.7. The molecule has 0 unspecified atom stereocenters. The van der Waals surface area contributed by atoms with Crippen molar-refractivity contribution in [3.63, 3.8) is 0 Å². The fraction of sp³-hybridized carbons (Fsp3) is 0.150. The Hall–Kier alpha value is -3.48. The first-order valence-corrected chi connectivity index (χ1v) is 8.46. The zero-order valence-electron chi connectivity index (χ0n) is 15.0. The van der Waals surface area contributed by atoms with E-state index in [-0.39, 0.29) is 23.4 Å². The lowest BCUT2D eigenvalue weighted by atomic mass is 10.2. The maximum Gasteiger partial charge on any atom is 0.274 e. The van der Waals surface area contributed by atoms with E-state index in [0.717, 1.165) is 5.75 Å². The van der Waals surface area contributed by atoms with Crippen LogP contribution in [-0.4, -0.2) is 22.5 Å². The zero-order valence-corrected chi connectivity index (χ0v) is 15.0. The van der Waals surface area contributed by atoms with E-state index >= 15 is 0 Å². The quantitative estimate of drug-likeness (QED) is 0.679. The lowest BCUT2D eigenvalue weighted by Crippen LogP contribution is -2.15. The molecule has 3 aromatic rings. The Morgan fingerprint density at radius 2 is 1.85 bits per heavy atom. The van der Waals surface area contributed by atoms with E-state index in [1.807, 2.05) is 6.92 Å². The van der Waals surface area contributed by atoms with Gasteiger partial charge in [-0.05, 0) is 62.4 Å². The van der Waals surface area contributed by atoms with Crippen LogP contribution in [-0.2, 0) is 0 Å². The summed E-state index contributed by atoms with van der Waals surface area (Å²) in [4.78, 5) is 21.0. The molecule has 0 aliphatic heterocycles. The summed E-state index contributed by atoms with van der Waals surface area (Å²) in [7, 11) is 0. The van der Waals surface area contributed by atoms with Crippen LogP contribution in [0, 0.1) is 12.7 Å². The van der Waals surface area contributed by atoms with E-state index in [1.165, 1.54) is 12.1 Å². The van der Waals surface area contributed by atoms with Crippen molar-refractivity contribution in [3.05, 3.63) is 71.8 Å². The smallest absolute Gasteiger partial charge is 0.274 e. The molecule has 6 nitrogen and oxygen atoms in total. The van der Waals surface area contributed by atoms with Crippen LogP contribution in [0.2, 0.25) is 0 Å². The molecule has 0 spiro atoms. The van der Waals surface area contributed by atoms with Crippen molar-refractivity contribution in [3.8, 4) is 5.75 Å². The first kappa shape index (κ1) is 18.3. The molecule has 0 bridgehead atoms. The minimum atomic E-state index is -0.374. The van der Waals surface area contributed by atoms with Crippen LogP contribution in [0.15, 0.2) is 54.6 Å². The number of carbonyl (C=O) groups excluding carboxylic acids is 1. The second-order valence-electron chi connectivity index (χ2n) is 5.77. The van der Waals surface area contributed by atoms with Gasteiger partial charge in [-0.1, -0.05) is 6.07 Å². The number of benzene rings is 2. The van der Waals surface area contributed by atoms with E-state index < -0.39 is 0 Å². The third kappa shape index (κ3) is 5.01. The van der Waals surface area contributed by atoms with Crippen molar-refractivity contribution in [2.24, 2.45) is 0 Å². The maximum absolute atomic E-state index is 13.3. The molecule has 1 heterocycles. The van der Waals surface area contributed by atoms with Gasteiger partial charge in [0.1, 0.15) is 17.3 Å². The summed E-state index contributed by atoms with van der Waals surface area (Å²) in [6, 6.07) is 14.6. The zero-order chi connectivity index (χ0) is 19.2. The van der Waals surface area contributed by atoms with E-state index in [9.17, 15) is 9.18 Å². The highest BCUT2D eigenvalue weighted by molar-refractivity contribution is 6.03. The van der Waals surface area contributed by atoms with Crippen LogP contribution in [0.25, 0.3) is 0 Å². The van der Waals surface area contributed by atoms with Gasteiger partial charge in [0.2, 0.25) is 5.95 Å². The SMILES string of the molecule is CCOc1ccc(NC(=O)c2cc(C)nc(Nc3cccc(F)c3)n2)cc1. The summed E-state index contributed by atoms with van der Waals surface area (Å²) >= 11 is 0. The van der Waals surface area contributed by atoms with Gasteiger partial charge in [0, 0.05) is 17.1 Å². The number of amides is 1. The summed E-state index contributed by atoms with van der Waals surface area (Å²) in [6.07, 6.45) is 0. The fourth-order valence-electron chi connectivity index (χ4n) is 2.43. The van der Waals surface area contributed by atoms with Gasteiger partial charge in [0.15, 0.2) is 0 Å². The number of anilines is 3. The summed E-state index contributed by atoms with van der Waals surface area (Å²) in [5.41, 5.74) is 1.94. The minimum absolute atomic E-state index is 0.204. The monoisotopic (exact) mass is 366 g/mol. The maximum atomic E-state index is 13.3. The van der Waals surface area contributed by atoms with Crippen molar-refractivity contribution < 1.29 is 13.9 Å². The third-order valence-corrected chi connectivity index (χ3v) is 3.59. The molecule has 3 rings (SSSR count). The van der Waals surface area contributed by atoms with Crippen molar-refractivity contribution in [2.75, 3.05) is 17.2 Å². The standard InChI is InChI=1S/C20H19FN4O2/c1-3-27-17-9-7-15(8-10-17)23-19(26)18-11-13(2)22-20(25-18)24-16-6-4-5-14(21)12-16/h4-12H,3H2,1-2H3,(H,23,26)(H,22,24,25). The van der Waals surface area contributed by atoms with Gasteiger partial charge >= 0.3 is 0 Å². The molecule has 0 fully saturated rings. The highest BCUT2D eigenvalue weighted by Gasteiger charge is 2.11. The number of rotatable bonds is 6. The number of carbonyl (C=O) groups is 1. The molecule has 138 valence electrons. The molecule has 0 aliphatic rings. The average molecular weight is 366 g/mol. The molecule has 2 aromatic carbocycles. The van der Waals surface area contributed by atoms with Gasteiger partial charge in [-0.25, -0.2) is 14.4 Å². The van der Waals surface area contributed by atoms with Crippen LogP contribution >= 0.6 is 0 Å². The molecule has 0 aliphatic carbocycles. The van der Waals surface area contributed by atoms with Crippen LogP contribution in [0.4, 0.5) is 21.7 Å². The third-order valence-electron chi connectivity index (χ3n) is 3.59. The first-order chi connectivity index (χ1) is 13.0. The van der Waals surface area contributed by atoms with E-state index in [2.05, 4.69) is 20.6 Å². The van der Waals surface area contributed by atoms with E-state index in [1.54, 1.807) is 49.4 Å².